The SMILES string of the molecule is CCCC(C)(CC(C)OC(=O)c1ccccc1)OC(=O)c1ccccc1. The lowest BCUT2D eigenvalue weighted by atomic mass is 9.93. The van der Waals surface area contributed by atoms with Crippen molar-refractivity contribution in [3.8, 4) is 0 Å². The predicted molar refractivity (Wildman–Crippen MR) is 101 cm³/mol. The molecule has 0 radical (unpaired) electrons. The van der Waals surface area contributed by atoms with Crippen molar-refractivity contribution in [2.24, 2.45) is 0 Å². The number of carbonyl (C=O) groups excluding carboxylic acids is 2. The van der Waals surface area contributed by atoms with Crippen molar-refractivity contribution in [2.75, 3.05) is 0 Å². The van der Waals surface area contributed by atoms with Crippen LogP contribution in [-0.2, 0) is 9.47 Å². The molecule has 0 spiro atoms. The van der Waals surface area contributed by atoms with Gasteiger partial charge in [0.25, 0.3) is 0 Å². The molecular weight excluding hydrogens is 328 g/mol. The van der Waals surface area contributed by atoms with E-state index < -0.39 is 5.60 Å². The maximum absolute atomic E-state index is 12.4. The summed E-state index contributed by atoms with van der Waals surface area (Å²) in [7, 11) is 0. The van der Waals surface area contributed by atoms with Gasteiger partial charge in [0.1, 0.15) is 11.7 Å². The summed E-state index contributed by atoms with van der Waals surface area (Å²) in [5.74, 6) is -0.727. The Kier molecular flexibility index (Phi) is 6.96. The van der Waals surface area contributed by atoms with E-state index >= 15 is 0 Å². The van der Waals surface area contributed by atoms with Gasteiger partial charge < -0.3 is 9.47 Å². The van der Waals surface area contributed by atoms with Crippen LogP contribution in [0.5, 0.6) is 0 Å². The van der Waals surface area contributed by atoms with Crippen LogP contribution in [-0.4, -0.2) is 23.6 Å². The van der Waals surface area contributed by atoms with E-state index in [2.05, 4.69) is 0 Å². The molecule has 0 saturated carbocycles. The normalized spacial score (nSPS) is 14.1. The zero-order chi connectivity index (χ0) is 19.0. The highest BCUT2D eigenvalue weighted by atomic mass is 16.6. The van der Waals surface area contributed by atoms with E-state index in [0.717, 1.165) is 6.42 Å². The standard InChI is InChI=1S/C22H26O4/c1-4-15-22(3,26-21(24)19-13-9-6-10-14-19)16-17(2)25-20(23)18-11-7-5-8-12-18/h5-14,17H,4,15-16H2,1-3H3. The monoisotopic (exact) mass is 354 g/mol. The molecule has 2 atom stereocenters. The molecule has 0 aromatic heterocycles. The molecule has 2 unspecified atom stereocenters. The summed E-state index contributed by atoms with van der Waals surface area (Å²) >= 11 is 0. The summed E-state index contributed by atoms with van der Waals surface area (Å²) in [4.78, 5) is 24.6. The lowest BCUT2D eigenvalue weighted by Gasteiger charge is -2.31. The molecule has 4 heteroatoms. The summed E-state index contributed by atoms with van der Waals surface area (Å²) in [6.45, 7) is 5.75. The van der Waals surface area contributed by atoms with E-state index in [1.807, 2.05) is 32.9 Å². The minimum atomic E-state index is -0.696. The van der Waals surface area contributed by atoms with Crippen molar-refractivity contribution in [1.29, 1.82) is 0 Å². The van der Waals surface area contributed by atoms with Gasteiger partial charge in [-0.25, -0.2) is 9.59 Å². The van der Waals surface area contributed by atoms with Crippen molar-refractivity contribution < 1.29 is 19.1 Å². The van der Waals surface area contributed by atoms with Crippen molar-refractivity contribution in [1.82, 2.24) is 0 Å². The second-order valence-corrected chi connectivity index (χ2v) is 6.74. The highest BCUT2D eigenvalue weighted by molar-refractivity contribution is 5.90. The van der Waals surface area contributed by atoms with Gasteiger partial charge in [-0.3, -0.25) is 0 Å². The summed E-state index contributed by atoms with van der Waals surface area (Å²) in [6.07, 6.45) is 1.62. The zero-order valence-corrected chi connectivity index (χ0v) is 15.6. The summed E-state index contributed by atoms with van der Waals surface area (Å²) in [5.41, 5.74) is 0.333. The van der Waals surface area contributed by atoms with E-state index in [1.165, 1.54) is 0 Å². The lowest BCUT2D eigenvalue weighted by molar-refractivity contribution is -0.0409. The van der Waals surface area contributed by atoms with Crippen LogP contribution in [0.15, 0.2) is 60.7 Å². The average Bonchev–Trinajstić information content (AvgIpc) is 2.62. The summed E-state index contributed by atoms with van der Waals surface area (Å²) in [5, 5.41) is 0. The van der Waals surface area contributed by atoms with Crippen LogP contribution in [0.3, 0.4) is 0 Å². The smallest absolute Gasteiger partial charge is 0.338 e. The third kappa shape index (κ3) is 5.73. The first kappa shape index (κ1) is 19.7. The Labute approximate surface area is 155 Å². The van der Waals surface area contributed by atoms with Crippen LogP contribution >= 0.6 is 0 Å². The van der Waals surface area contributed by atoms with Crippen molar-refractivity contribution >= 4 is 11.9 Å². The third-order valence-corrected chi connectivity index (χ3v) is 4.16. The first-order valence-electron chi connectivity index (χ1n) is 8.98. The molecule has 0 heterocycles. The Balaban J connectivity index is 2.01. The number of hydrogen-bond donors (Lipinski definition) is 0. The first-order valence-corrected chi connectivity index (χ1v) is 8.98. The fourth-order valence-corrected chi connectivity index (χ4v) is 3.06. The molecule has 0 bridgehead atoms. The van der Waals surface area contributed by atoms with Gasteiger partial charge in [-0.1, -0.05) is 49.7 Å². The molecule has 0 aliphatic heterocycles. The Morgan fingerprint density at radius 1 is 0.923 bits per heavy atom. The van der Waals surface area contributed by atoms with Gasteiger partial charge in [-0.2, -0.15) is 0 Å². The van der Waals surface area contributed by atoms with Crippen LogP contribution < -0.4 is 0 Å². The van der Waals surface area contributed by atoms with E-state index in [9.17, 15) is 9.59 Å². The zero-order valence-electron chi connectivity index (χ0n) is 15.6. The number of esters is 2. The molecule has 2 aromatic rings. The van der Waals surface area contributed by atoms with E-state index in [-0.39, 0.29) is 18.0 Å². The van der Waals surface area contributed by atoms with Gasteiger partial charge in [0, 0.05) is 6.42 Å². The molecule has 0 fully saturated rings. The van der Waals surface area contributed by atoms with Crippen LogP contribution in [0.1, 0.15) is 60.7 Å². The fourth-order valence-electron chi connectivity index (χ4n) is 3.06. The van der Waals surface area contributed by atoms with Gasteiger partial charge in [0.05, 0.1) is 11.1 Å². The van der Waals surface area contributed by atoms with Crippen LogP contribution in [0.25, 0.3) is 0 Å². The van der Waals surface area contributed by atoms with Gasteiger partial charge in [-0.05, 0) is 44.5 Å². The van der Waals surface area contributed by atoms with Crippen molar-refractivity contribution in [3.63, 3.8) is 0 Å². The maximum Gasteiger partial charge on any atom is 0.338 e. The fraction of sp³-hybridized carbons (Fsp3) is 0.364. The lowest BCUT2D eigenvalue weighted by Crippen LogP contribution is -2.36. The molecule has 2 aromatic carbocycles. The molecule has 0 aliphatic carbocycles. The van der Waals surface area contributed by atoms with E-state index in [4.69, 9.17) is 9.47 Å². The largest absolute Gasteiger partial charge is 0.459 e. The second-order valence-electron chi connectivity index (χ2n) is 6.74. The molecule has 0 aliphatic rings. The van der Waals surface area contributed by atoms with Gasteiger partial charge >= 0.3 is 11.9 Å². The summed E-state index contributed by atoms with van der Waals surface area (Å²) < 4.78 is 11.3. The molecule has 0 N–H and O–H groups in total. The number of ether oxygens (including phenoxy) is 2. The topological polar surface area (TPSA) is 52.6 Å². The van der Waals surface area contributed by atoms with Crippen LogP contribution in [0.4, 0.5) is 0 Å². The maximum atomic E-state index is 12.4. The molecule has 0 saturated heterocycles. The Morgan fingerprint density at radius 3 is 1.92 bits per heavy atom. The molecule has 2 rings (SSSR count). The van der Waals surface area contributed by atoms with Gasteiger partial charge in [0.15, 0.2) is 0 Å². The summed E-state index contributed by atoms with van der Waals surface area (Å²) in [6, 6.07) is 17.8. The van der Waals surface area contributed by atoms with Crippen LogP contribution in [0, 0.1) is 0 Å². The Morgan fingerprint density at radius 2 is 1.42 bits per heavy atom. The van der Waals surface area contributed by atoms with E-state index in [1.54, 1.807) is 48.5 Å². The highest BCUT2D eigenvalue weighted by Crippen LogP contribution is 2.27. The van der Waals surface area contributed by atoms with E-state index in [0.29, 0.717) is 24.0 Å². The minimum absolute atomic E-state index is 0.358. The van der Waals surface area contributed by atoms with Crippen LogP contribution in [0.2, 0.25) is 0 Å². The second kappa shape index (κ2) is 9.18. The minimum Gasteiger partial charge on any atom is -0.459 e. The Bertz CT molecular complexity index is 711. The number of benzene rings is 2. The molecule has 4 nitrogen and oxygen atoms in total. The number of carbonyl (C=O) groups is 2. The van der Waals surface area contributed by atoms with Crippen molar-refractivity contribution in [2.45, 2.75) is 51.7 Å². The molecule has 138 valence electrons. The first-order chi connectivity index (χ1) is 12.4. The Hall–Kier alpha value is -2.62. The number of hydrogen-bond acceptors (Lipinski definition) is 4. The van der Waals surface area contributed by atoms with Gasteiger partial charge in [0.2, 0.25) is 0 Å². The number of rotatable bonds is 8. The molecule has 0 amide bonds. The molecular formula is C22H26O4. The molecule has 26 heavy (non-hydrogen) atoms. The van der Waals surface area contributed by atoms with Crippen molar-refractivity contribution in [3.05, 3.63) is 71.8 Å². The highest BCUT2D eigenvalue weighted by Gasteiger charge is 2.32. The quantitative estimate of drug-likeness (QED) is 0.623. The predicted octanol–water partition coefficient (Wildman–Crippen LogP) is 5.04. The van der Waals surface area contributed by atoms with Gasteiger partial charge in [-0.15, -0.1) is 0 Å². The third-order valence-electron chi connectivity index (χ3n) is 4.16. The average molecular weight is 354 g/mol.